The maximum absolute atomic E-state index is 12.8. The summed E-state index contributed by atoms with van der Waals surface area (Å²) in [6.07, 6.45) is 18.7. The van der Waals surface area contributed by atoms with Gasteiger partial charge >= 0.3 is 0 Å². The van der Waals surface area contributed by atoms with Crippen molar-refractivity contribution in [1.29, 1.82) is 0 Å². The van der Waals surface area contributed by atoms with Crippen LogP contribution < -0.4 is 26.5 Å². The van der Waals surface area contributed by atoms with Gasteiger partial charge in [0.2, 0.25) is 17.5 Å². The molecule has 130 heavy (non-hydrogen) atoms. The van der Waals surface area contributed by atoms with E-state index in [1.165, 1.54) is 12.1 Å². The molecule has 0 saturated heterocycles. The largest absolute Gasteiger partial charge is 0.744 e. The summed E-state index contributed by atoms with van der Waals surface area (Å²) in [6, 6.07) is 10.5. The predicted molar refractivity (Wildman–Crippen MR) is 484 cm³/mol. The summed E-state index contributed by atoms with van der Waals surface area (Å²) in [5, 5.41) is 20.3. The van der Waals surface area contributed by atoms with E-state index in [1.807, 2.05) is 56.4 Å². The molecule has 0 saturated carbocycles. The third-order valence-electron chi connectivity index (χ3n) is 19.9. The fraction of sp³-hybridized carbons (Fsp3) is 0.769. The van der Waals surface area contributed by atoms with Gasteiger partial charge in [-0.15, -0.1) is 0 Å². The molecule has 2 aliphatic rings. The van der Waals surface area contributed by atoms with Gasteiger partial charge in [0.05, 0.1) is 339 Å². The van der Waals surface area contributed by atoms with Crippen molar-refractivity contribution in [2.45, 2.75) is 119 Å². The molecule has 0 atom stereocenters. The van der Waals surface area contributed by atoms with E-state index in [4.69, 9.17) is 114 Å². The monoisotopic (exact) mass is 1900 g/mol. The molecule has 750 valence electrons. The molecule has 2 heterocycles. The van der Waals surface area contributed by atoms with Gasteiger partial charge < -0.3 is 145 Å². The molecule has 2 amide bonds. The molecule has 0 unspecified atom stereocenters. The molecule has 2 aromatic rings. The van der Waals surface area contributed by atoms with Crippen molar-refractivity contribution >= 4 is 51.1 Å². The number of nitrogens with one attached hydrogen (secondary N) is 2. The van der Waals surface area contributed by atoms with E-state index in [0.717, 1.165) is 115 Å². The summed E-state index contributed by atoms with van der Waals surface area (Å²) in [6.45, 7) is 33.8. The van der Waals surface area contributed by atoms with Gasteiger partial charge in [0.1, 0.15) is 16.7 Å². The highest BCUT2D eigenvalue weighted by Crippen LogP contribution is 2.49. The van der Waals surface area contributed by atoms with E-state index < -0.39 is 20.9 Å². The Balaban J connectivity index is 0.846. The number of rotatable bonds is 96. The Labute approximate surface area is 776 Å². The number of ether oxygens (including phenoxy) is 24. The second kappa shape index (κ2) is 81.4. The Hall–Kier alpha value is -4.79. The molecule has 0 aliphatic carbocycles. The summed E-state index contributed by atoms with van der Waals surface area (Å²) in [4.78, 5) is 27.9. The van der Waals surface area contributed by atoms with Gasteiger partial charge in [0.15, 0.2) is 5.71 Å². The molecule has 0 fully saturated rings. The summed E-state index contributed by atoms with van der Waals surface area (Å²) in [7, 11) is -3.06. The zero-order valence-corrected chi connectivity index (χ0v) is 80.0. The number of methoxy groups -OCH3 is 1. The van der Waals surface area contributed by atoms with Crippen molar-refractivity contribution in [1.82, 2.24) is 10.6 Å². The first kappa shape index (κ1) is 118. The average Bonchev–Trinajstić information content (AvgIpc) is 1.59. The van der Waals surface area contributed by atoms with Crippen molar-refractivity contribution in [3.8, 4) is 0 Å². The summed E-state index contributed by atoms with van der Waals surface area (Å²) >= 11 is 0.854. The maximum Gasteiger partial charge on any atom is 0.220 e. The molecule has 2 aromatic carbocycles. The highest BCUT2D eigenvalue weighted by atomic mass is 32.2. The van der Waals surface area contributed by atoms with Crippen molar-refractivity contribution < 1.29 is 161 Å². The molecule has 2 aliphatic heterocycles. The number of benzene rings is 2. The van der Waals surface area contributed by atoms with Crippen LogP contribution in [-0.2, 0) is 154 Å². The third-order valence-corrected chi connectivity index (χ3v) is 21.3. The number of quaternary nitrogens is 1. The number of amides is 2. The fourth-order valence-corrected chi connectivity index (χ4v) is 14.0. The number of carbonyl (C=O) groups is 2. The lowest BCUT2D eigenvalue weighted by atomic mass is 9.81. The van der Waals surface area contributed by atoms with Crippen LogP contribution in [0.4, 0.5) is 11.4 Å². The zero-order chi connectivity index (χ0) is 93.3. The van der Waals surface area contributed by atoms with Crippen LogP contribution in [-0.4, -0.2) is 385 Å². The van der Waals surface area contributed by atoms with Crippen molar-refractivity contribution in [3.63, 3.8) is 0 Å². The van der Waals surface area contributed by atoms with Crippen LogP contribution in [0, 0.1) is 0 Å². The number of hydrogen-bond donors (Lipinski definition) is 3. The number of anilines is 1. The van der Waals surface area contributed by atoms with Gasteiger partial charge in [-0.25, -0.2) is 8.42 Å². The fourth-order valence-electron chi connectivity index (χ4n) is 13.1. The van der Waals surface area contributed by atoms with Gasteiger partial charge in [0.25, 0.3) is 0 Å². The van der Waals surface area contributed by atoms with Crippen LogP contribution in [0.2, 0.25) is 0 Å². The Morgan fingerprint density at radius 2 is 0.762 bits per heavy atom. The Kier molecular flexibility index (Phi) is 73.6. The SMILES string of the molecule is COCCOCCOCCOCCOCCOCCOCCOCCOCCOCCOCCOCCOCCOCCOCCOCCOCCOCCOCCOCCOCCOCCOCCOCCNC(=O)CCCCCN1C(=CC=CC=CC2=[N+](CCCCCC(=O)NCCCCC[NH3+])c3ccc(SOO[O-])cc3C2(C)C)C(C)(C)c2cc(S(=O)(=O)[O-])ccc21. The number of carbonyl (C=O) groups excluding carboxylic acids is 2. The van der Waals surface area contributed by atoms with E-state index in [1.54, 1.807) is 13.2 Å². The molecule has 4 rings (SSSR count). The highest BCUT2D eigenvalue weighted by Gasteiger charge is 2.45. The molecule has 0 spiro atoms. The van der Waals surface area contributed by atoms with E-state index in [0.29, 0.717) is 349 Å². The zero-order valence-electron chi connectivity index (χ0n) is 78.4. The van der Waals surface area contributed by atoms with E-state index >= 15 is 0 Å². The van der Waals surface area contributed by atoms with Gasteiger partial charge in [0, 0.05) is 85.4 Å². The lowest BCUT2D eigenvalue weighted by molar-refractivity contribution is -0.777. The van der Waals surface area contributed by atoms with Crippen molar-refractivity contribution in [2.75, 3.05) is 355 Å². The molecular formula is C91H157N5O32S2. The second-order valence-corrected chi connectivity index (χ2v) is 32.7. The normalized spacial score (nSPS) is 14.0. The molecule has 0 aromatic heterocycles. The van der Waals surface area contributed by atoms with Crippen LogP contribution in [0.1, 0.15) is 109 Å². The van der Waals surface area contributed by atoms with Crippen LogP contribution >= 0.6 is 12.0 Å². The highest BCUT2D eigenvalue weighted by molar-refractivity contribution is 7.94. The minimum absolute atomic E-state index is 0.0609. The predicted octanol–water partition coefficient (Wildman–Crippen LogP) is 5.79. The lowest BCUT2D eigenvalue weighted by Gasteiger charge is -2.27. The van der Waals surface area contributed by atoms with Crippen LogP contribution in [0.5, 0.6) is 0 Å². The van der Waals surface area contributed by atoms with Gasteiger partial charge in [-0.3, -0.25) is 14.6 Å². The Morgan fingerprint density at radius 3 is 1.12 bits per heavy atom. The molecule has 37 nitrogen and oxygen atoms in total. The lowest BCUT2D eigenvalue weighted by Crippen LogP contribution is -2.50. The third kappa shape index (κ3) is 59.3. The van der Waals surface area contributed by atoms with Gasteiger partial charge in [-0.05, 0) is 101 Å². The topological polar surface area (TPSA) is 412 Å². The minimum atomic E-state index is -4.70. The number of fused-ring (bicyclic) bond motifs is 2. The number of nitrogens with zero attached hydrogens (tertiary/aromatic N) is 2. The smallest absolute Gasteiger partial charge is 0.220 e. The first-order valence-electron chi connectivity index (χ1n) is 46.1. The first-order chi connectivity index (χ1) is 63.7. The Bertz CT molecular complexity index is 3330. The second-order valence-electron chi connectivity index (χ2n) is 30.6. The molecule has 39 heteroatoms. The molecule has 0 bridgehead atoms. The summed E-state index contributed by atoms with van der Waals surface area (Å²) < 4.78 is 176. The molecule has 5 N–H and O–H groups in total. The first-order valence-corrected chi connectivity index (χ1v) is 48.3. The number of unbranched alkanes of at least 4 members (excludes halogenated alkanes) is 6. The van der Waals surface area contributed by atoms with Crippen molar-refractivity contribution in [3.05, 3.63) is 83.6 Å². The summed E-state index contributed by atoms with van der Waals surface area (Å²) in [5.41, 5.74) is 8.50. The maximum atomic E-state index is 12.8. The van der Waals surface area contributed by atoms with E-state index in [2.05, 4.69) is 55.1 Å². The minimum Gasteiger partial charge on any atom is -0.744 e. The average molecular weight is 1900 g/mol. The van der Waals surface area contributed by atoms with Crippen LogP contribution in [0.15, 0.2) is 82.3 Å². The van der Waals surface area contributed by atoms with Crippen LogP contribution in [0.25, 0.3) is 0 Å². The number of allylic oxidation sites excluding steroid dienone is 6. The van der Waals surface area contributed by atoms with E-state index in [-0.39, 0.29) is 16.7 Å². The number of hydrogen-bond acceptors (Lipinski definition) is 34. The van der Waals surface area contributed by atoms with Gasteiger partial charge in [-0.2, -0.15) is 8.91 Å². The summed E-state index contributed by atoms with van der Waals surface area (Å²) in [5.74, 6) is 0.0207. The standard InChI is InChI=1S/C91H157N5O32S2/c1-90(2)82-78-80(129-128-127-99)22-24-84(82)95(29-16-7-12-20-88(97)93-27-15-9-14-26-92)86(90)18-10-6-11-19-87-91(3,4)83-79-81(130(100,101)102)23-25-85(83)96(87)30-17-8-13-21-89(98)94-28-31-104-34-35-106-38-39-108-42-43-110-46-47-112-50-51-114-54-55-116-58-59-118-62-63-120-66-67-122-70-71-124-74-75-126-77-76-125-73-72-123-69-68-121-65-64-119-61-60-117-57-56-115-53-52-113-49-48-111-45-44-109-41-40-107-37-36-105-33-32-103-5/h6,10-11,18-19,22-25,78-79H,7-9,12-17,20-21,26-77,92H2,1-5H3,(H3-,93,94,97,98,99,100,101,102). The molecular weight excluding hydrogens is 1740 g/mol. The molecule has 0 radical (unpaired) electrons. The van der Waals surface area contributed by atoms with Crippen molar-refractivity contribution in [2.24, 2.45) is 0 Å². The van der Waals surface area contributed by atoms with E-state index in [9.17, 15) is 27.8 Å². The van der Waals surface area contributed by atoms with Crippen LogP contribution in [0.3, 0.4) is 0 Å². The van der Waals surface area contributed by atoms with Gasteiger partial charge in [-0.1, -0.05) is 38.5 Å². The quantitative estimate of drug-likeness (QED) is 0.0134. The Morgan fingerprint density at radius 1 is 0.408 bits per heavy atom.